The molecule has 0 spiro atoms. The van der Waals surface area contributed by atoms with E-state index in [0.717, 1.165) is 6.07 Å². The first-order chi connectivity index (χ1) is 13.3. The van der Waals surface area contributed by atoms with Gasteiger partial charge in [0.15, 0.2) is 0 Å². The number of aromatic nitrogens is 2. The molecule has 0 unspecified atom stereocenters. The second-order valence-electron chi connectivity index (χ2n) is 7.73. The maximum Gasteiger partial charge on any atom is 0.408 e. The Hall–Kier alpha value is -2.20. The van der Waals surface area contributed by atoms with E-state index >= 15 is 0 Å². The lowest BCUT2D eigenvalue weighted by atomic mass is 10.1. The number of carbonyl (C=O) groups excluding carboxylic acids is 1. The van der Waals surface area contributed by atoms with Crippen molar-refractivity contribution in [3.63, 3.8) is 0 Å². The summed E-state index contributed by atoms with van der Waals surface area (Å²) in [4.78, 5) is 12.1. The van der Waals surface area contributed by atoms with E-state index in [1.165, 1.54) is 12.1 Å². The average molecular weight is 448 g/mol. The lowest BCUT2D eigenvalue weighted by Gasteiger charge is -2.23. The van der Waals surface area contributed by atoms with E-state index in [-0.39, 0.29) is 22.4 Å². The topological polar surface area (TPSA) is 111 Å². The SMILES string of the molecule is CC(C)[C@@H](NC(=O)OC(C)(C)C)c1nnc(S(=O)(=O)Cc2c(F)cccc2Cl)o1. The van der Waals surface area contributed by atoms with Gasteiger partial charge in [0.05, 0.1) is 5.75 Å². The van der Waals surface area contributed by atoms with Crippen molar-refractivity contribution >= 4 is 27.5 Å². The van der Waals surface area contributed by atoms with Crippen molar-refractivity contribution in [1.82, 2.24) is 15.5 Å². The number of sulfone groups is 1. The number of ether oxygens (including phenoxy) is 1. The number of halogens is 2. The fourth-order valence-electron chi connectivity index (χ4n) is 2.34. The molecule has 29 heavy (non-hydrogen) atoms. The van der Waals surface area contributed by atoms with E-state index in [1.54, 1.807) is 34.6 Å². The van der Waals surface area contributed by atoms with Crippen molar-refractivity contribution in [2.24, 2.45) is 5.92 Å². The molecular formula is C18H23ClFN3O5S. The molecule has 1 aromatic heterocycles. The molecule has 1 atom stereocenters. The first-order valence-electron chi connectivity index (χ1n) is 8.78. The molecular weight excluding hydrogens is 425 g/mol. The summed E-state index contributed by atoms with van der Waals surface area (Å²) in [6, 6.07) is 3.08. The van der Waals surface area contributed by atoms with E-state index in [4.69, 9.17) is 20.8 Å². The van der Waals surface area contributed by atoms with E-state index in [1.807, 2.05) is 0 Å². The van der Waals surface area contributed by atoms with Crippen LogP contribution in [0.1, 0.15) is 52.1 Å². The summed E-state index contributed by atoms with van der Waals surface area (Å²) < 4.78 is 49.6. The van der Waals surface area contributed by atoms with Crippen LogP contribution >= 0.6 is 11.6 Å². The lowest BCUT2D eigenvalue weighted by molar-refractivity contribution is 0.0477. The Bertz CT molecular complexity index is 965. The Balaban J connectivity index is 2.25. The van der Waals surface area contributed by atoms with Crippen LogP contribution in [-0.2, 0) is 20.3 Å². The van der Waals surface area contributed by atoms with Gasteiger partial charge in [0.25, 0.3) is 0 Å². The molecule has 0 saturated carbocycles. The van der Waals surface area contributed by atoms with Gasteiger partial charge in [-0.05, 0) is 38.8 Å². The number of benzene rings is 1. The number of hydrogen-bond donors (Lipinski definition) is 1. The van der Waals surface area contributed by atoms with E-state index in [0.29, 0.717) is 0 Å². The van der Waals surface area contributed by atoms with Gasteiger partial charge in [0.2, 0.25) is 15.7 Å². The Labute approximate surface area is 173 Å². The van der Waals surface area contributed by atoms with Crippen LogP contribution in [0.5, 0.6) is 0 Å². The average Bonchev–Trinajstić information content (AvgIpc) is 3.05. The Morgan fingerprint density at radius 3 is 2.52 bits per heavy atom. The van der Waals surface area contributed by atoms with Gasteiger partial charge in [-0.15, -0.1) is 5.10 Å². The molecule has 8 nitrogen and oxygen atoms in total. The van der Waals surface area contributed by atoms with Crippen LogP contribution in [0, 0.1) is 11.7 Å². The van der Waals surface area contributed by atoms with Gasteiger partial charge in [-0.1, -0.05) is 36.6 Å². The van der Waals surface area contributed by atoms with Crippen molar-refractivity contribution in [3.8, 4) is 0 Å². The van der Waals surface area contributed by atoms with Crippen LogP contribution < -0.4 is 5.32 Å². The predicted octanol–water partition coefficient (Wildman–Crippen LogP) is 4.06. The lowest BCUT2D eigenvalue weighted by Crippen LogP contribution is -2.37. The molecule has 1 aromatic carbocycles. The van der Waals surface area contributed by atoms with Crippen LogP contribution in [0.3, 0.4) is 0 Å². The fraction of sp³-hybridized carbons (Fsp3) is 0.500. The number of hydrogen-bond acceptors (Lipinski definition) is 7. The highest BCUT2D eigenvalue weighted by molar-refractivity contribution is 7.90. The summed E-state index contributed by atoms with van der Waals surface area (Å²) in [5.41, 5.74) is -0.908. The molecule has 1 N–H and O–H groups in total. The molecule has 0 saturated heterocycles. The van der Waals surface area contributed by atoms with Gasteiger partial charge in [-0.25, -0.2) is 17.6 Å². The Morgan fingerprint density at radius 2 is 1.97 bits per heavy atom. The first-order valence-corrected chi connectivity index (χ1v) is 10.8. The maximum atomic E-state index is 13.9. The Morgan fingerprint density at radius 1 is 1.31 bits per heavy atom. The summed E-state index contributed by atoms with van der Waals surface area (Å²) in [7, 11) is -4.16. The second kappa shape index (κ2) is 8.66. The molecule has 0 radical (unpaired) electrons. The number of nitrogens with zero attached hydrogens (tertiary/aromatic N) is 2. The largest absolute Gasteiger partial charge is 0.444 e. The van der Waals surface area contributed by atoms with Gasteiger partial charge in [-0.3, -0.25) is 0 Å². The highest BCUT2D eigenvalue weighted by Gasteiger charge is 2.31. The minimum absolute atomic E-state index is 0.0278. The minimum atomic E-state index is -4.16. The standard InChI is InChI=1S/C18H23ClFN3O5S/c1-10(2)14(21-16(24)28-18(3,4)5)15-22-23-17(27-15)29(25,26)9-11-12(19)7-6-8-13(11)20/h6-8,10,14H,9H2,1-5H3,(H,21,24)/t14-/m1/s1. The van der Waals surface area contributed by atoms with Gasteiger partial charge in [0.1, 0.15) is 17.5 Å². The maximum absolute atomic E-state index is 13.9. The smallest absolute Gasteiger partial charge is 0.408 e. The van der Waals surface area contributed by atoms with Crippen LogP contribution in [-0.4, -0.2) is 30.3 Å². The third-order valence-electron chi connectivity index (χ3n) is 3.69. The third kappa shape index (κ3) is 6.14. The van der Waals surface area contributed by atoms with Crippen molar-refractivity contribution in [3.05, 3.63) is 40.5 Å². The van der Waals surface area contributed by atoms with Crippen LogP contribution in [0.25, 0.3) is 0 Å². The number of amides is 1. The minimum Gasteiger partial charge on any atom is -0.444 e. The molecule has 0 aliphatic carbocycles. The first kappa shape index (κ1) is 23.1. The van der Waals surface area contributed by atoms with Gasteiger partial charge < -0.3 is 14.5 Å². The molecule has 0 aliphatic heterocycles. The molecule has 11 heteroatoms. The highest BCUT2D eigenvalue weighted by atomic mass is 35.5. The quantitative estimate of drug-likeness (QED) is 0.710. The highest BCUT2D eigenvalue weighted by Crippen LogP contribution is 2.27. The van der Waals surface area contributed by atoms with Gasteiger partial charge in [-0.2, -0.15) is 0 Å². The Kier molecular flexibility index (Phi) is 6.89. The molecule has 1 heterocycles. The summed E-state index contributed by atoms with van der Waals surface area (Å²) in [5.74, 6) is -1.82. The fourth-order valence-corrected chi connectivity index (χ4v) is 3.83. The molecule has 0 aliphatic rings. The van der Waals surface area contributed by atoms with E-state index in [2.05, 4.69) is 15.5 Å². The number of nitrogens with one attached hydrogen (secondary N) is 1. The summed E-state index contributed by atoms with van der Waals surface area (Å²) in [5, 5.41) is 9.18. The van der Waals surface area contributed by atoms with Crippen molar-refractivity contribution in [1.29, 1.82) is 0 Å². The van der Waals surface area contributed by atoms with Crippen LogP contribution in [0.15, 0.2) is 27.8 Å². The summed E-state index contributed by atoms with van der Waals surface area (Å²) >= 11 is 5.90. The number of alkyl carbamates (subject to hydrolysis) is 1. The van der Waals surface area contributed by atoms with Gasteiger partial charge >= 0.3 is 11.3 Å². The summed E-state index contributed by atoms with van der Waals surface area (Å²) in [6.07, 6.45) is -0.711. The zero-order valence-electron chi connectivity index (χ0n) is 16.7. The molecule has 0 bridgehead atoms. The second-order valence-corrected chi connectivity index (χ2v) is 10.0. The van der Waals surface area contributed by atoms with Crippen LogP contribution in [0.4, 0.5) is 9.18 Å². The normalized spacial score (nSPS) is 13.4. The molecule has 160 valence electrons. The third-order valence-corrected chi connectivity index (χ3v) is 5.41. The zero-order chi connectivity index (χ0) is 22.0. The van der Waals surface area contributed by atoms with E-state index < -0.39 is 44.4 Å². The molecule has 2 aromatic rings. The van der Waals surface area contributed by atoms with Crippen molar-refractivity contribution in [2.75, 3.05) is 0 Å². The van der Waals surface area contributed by atoms with E-state index in [9.17, 15) is 17.6 Å². The summed E-state index contributed by atoms with van der Waals surface area (Å²) in [6.45, 7) is 8.69. The predicted molar refractivity (Wildman–Crippen MR) is 104 cm³/mol. The number of carbonyl (C=O) groups is 1. The molecule has 1 amide bonds. The number of rotatable bonds is 6. The van der Waals surface area contributed by atoms with Crippen LogP contribution in [0.2, 0.25) is 5.02 Å². The molecule has 0 fully saturated rings. The van der Waals surface area contributed by atoms with Crippen molar-refractivity contribution in [2.45, 2.75) is 57.2 Å². The zero-order valence-corrected chi connectivity index (χ0v) is 18.3. The monoisotopic (exact) mass is 447 g/mol. The van der Waals surface area contributed by atoms with Crippen molar-refractivity contribution < 1.29 is 26.8 Å². The van der Waals surface area contributed by atoms with Gasteiger partial charge in [0, 0.05) is 10.6 Å². The molecule has 2 rings (SSSR count).